The topological polar surface area (TPSA) is 80.2 Å². The summed E-state index contributed by atoms with van der Waals surface area (Å²) >= 11 is 6.44. The van der Waals surface area contributed by atoms with Crippen LogP contribution in [-0.4, -0.2) is 18.2 Å². The molecule has 7 aromatic carbocycles. The number of carbonyl (C=O) groups excluding carboxylic acids is 2. The Balaban J connectivity index is 0.932. The van der Waals surface area contributed by atoms with Gasteiger partial charge >= 0.3 is 5.82 Å². The average molecular weight is 1670 g/mol. The van der Waals surface area contributed by atoms with E-state index in [1.807, 2.05) is 6.07 Å². The first-order valence-electron chi connectivity index (χ1n) is 42.8. The van der Waals surface area contributed by atoms with Gasteiger partial charge < -0.3 is 4.74 Å². The predicted molar refractivity (Wildman–Crippen MR) is 486 cm³/mol. The second kappa shape index (κ2) is 37.0. The summed E-state index contributed by atoms with van der Waals surface area (Å²) < 4.78 is 68.2. The molecule has 0 radical (unpaired) electrons. The van der Waals surface area contributed by atoms with Crippen LogP contribution in [0.5, 0.6) is 5.75 Å². The van der Waals surface area contributed by atoms with Crippen LogP contribution in [0.4, 0.5) is 17.6 Å². The number of allylic oxidation sites excluding steroid dienone is 5. The summed E-state index contributed by atoms with van der Waals surface area (Å²) in [7, 11) is 0. The largest absolute Gasteiger partial charge is 0.528 e. The van der Waals surface area contributed by atoms with E-state index in [0.29, 0.717) is 16.4 Å². The van der Waals surface area contributed by atoms with Crippen molar-refractivity contribution in [1.29, 1.82) is 5.26 Å². The van der Waals surface area contributed by atoms with Gasteiger partial charge in [-0.15, -0.1) is 45.3 Å². The Hall–Kier alpha value is -10.9. The fraction of sp³-hybridized carbons (Fsp3) is 0.314. The maximum absolute atomic E-state index is 15.3. The van der Waals surface area contributed by atoms with E-state index in [-0.39, 0.29) is 44.5 Å². The van der Waals surface area contributed by atoms with Crippen molar-refractivity contribution in [2.75, 3.05) is 6.61 Å². The number of thiophene rings is 4. The molecule has 120 heavy (non-hydrogen) atoms. The van der Waals surface area contributed by atoms with Gasteiger partial charge in [0.25, 0.3) is 5.70 Å². The number of rotatable bonds is 34. The SMILES string of the molecule is [C-]#[N+]C([N+]#[C-])=C1/C(=C/c2cc3c(s2)-c2sc(-c4cc(OCCCCCC)c(-c5cc6c(s5)-c5sc(/C=C7\C(=O)c8cc(F)c(F)cc8\C7=C(/C#N)[N+]#[C-])cc5C6(c5ccc(CCCCCC)cc5)c5ccc(CCCCCC)cc5)cc4C)cc2C3(c2ccc(CCCCCC)cc2)c2ccc(CCCCCC)cc2)C(=O)c2cc(F)c(F)cc21. The van der Waals surface area contributed by atoms with Crippen LogP contribution in [0.25, 0.3) is 78.2 Å². The van der Waals surface area contributed by atoms with Gasteiger partial charge in [-0.1, -0.05) is 228 Å². The van der Waals surface area contributed by atoms with Crippen molar-refractivity contribution in [3.63, 3.8) is 0 Å². The monoisotopic (exact) mass is 1660 g/mol. The number of fused-ring (bicyclic) bond motifs is 8. The highest BCUT2D eigenvalue weighted by Gasteiger charge is 2.52. The number of aryl methyl sites for hydroxylation is 5. The van der Waals surface area contributed by atoms with Crippen molar-refractivity contribution < 1.29 is 31.9 Å². The Morgan fingerprint density at radius 2 is 0.742 bits per heavy atom. The minimum Gasteiger partial charge on any atom is -0.493 e. The van der Waals surface area contributed by atoms with Crippen molar-refractivity contribution in [3.8, 4) is 52.2 Å². The highest BCUT2D eigenvalue weighted by atomic mass is 32.1. The van der Waals surface area contributed by atoms with Crippen molar-refractivity contribution in [2.45, 2.75) is 206 Å². The van der Waals surface area contributed by atoms with Crippen molar-refractivity contribution in [3.05, 3.63) is 342 Å². The molecule has 4 heterocycles. The number of ketones is 2. The number of nitriles is 1. The minimum absolute atomic E-state index is 0.00582. The molecule has 0 spiro atoms. The Morgan fingerprint density at radius 1 is 0.400 bits per heavy atom. The molecule has 0 amide bonds. The molecule has 0 fully saturated rings. The van der Waals surface area contributed by atoms with Crippen molar-refractivity contribution in [2.24, 2.45) is 0 Å². The third-order valence-electron chi connectivity index (χ3n) is 24.6. The third-order valence-corrected chi connectivity index (χ3v) is 29.4. The number of carbonyl (C=O) groups is 2. The van der Waals surface area contributed by atoms with E-state index in [4.69, 9.17) is 24.5 Å². The molecule has 0 unspecified atom stereocenters. The molecule has 0 aliphatic heterocycles. The van der Waals surface area contributed by atoms with E-state index in [9.17, 15) is 14.9 Å². The number of halogens is 4. The Morgan fingerprint density at radius 3 is 1.11 bits per heavy atom. The van der Waals surface area contributed by atoms with Gasteiger partial charge in [0, 0.05) is 52.9 Å². The predicted octanol–water partition coefficient (Wildman–Crippen LogP) is 30.5. The van der Waals surface area contributed by atoms with E-state index in [0.717, 1.165) is 249 Å². The van der Waals surface area contributed by atoms with Crippen LogP contribution in [0.2, 0.25) is 0 Å². The van der Waals surface area contributed by atoms with Gasteiger partial charge in [0.1, 0.15) is 18.9 Å². The molecule has 0 N–H and O–H groups in total. The second-order valence-corrected chi connectivity index (χ2v) is 36.6. The van der Waals surface area contributed by atoms with Gasteiger partial charge in [0.2, 0.25) is 0 Å². The summed E-state index contributed by atoms with van der Waals surface area (Å²) in [5.74, 6) is -5.64. The third kappa shape index (κ3) is 15.8. The first kappa shape index (κ1) is 84.2. The summed E-state index contributed by atoms with van der Waals surface area (Å²) in [6.07, 6.45) is 29.2. The number of ether oxygens (including phenoxy) is 1. The van der Waals surface area contributed by atoms with Gasteiger partial charge in [-0.3, -0.25) is 9.59 Å². The van der Waals surface area contributed by atoms with Gasteiger partial charge in [0.05, 0.1) is 55.2 Å². The number of nitrogens with zero attached hydrogens (tertiary/aromatic N) is 4. The van der Waals surface area contributed by atoms with Crippen LogP contribution in [0.3, 0.4) is 0 Å². The molecular weight excluding hydrogens is 1570 g/mol. The summed E-state index contributed by atoms with van der Waals surface area (Å²) in [5.41, 5.74) is 14.0. The fourth-order valence-corrected chi connectivity index (χ4v) is 23.5. The molecule has 0 bridgehead atoms. The molecule has 11 aromatic rings. The fourth-order valence-electron chi connectivity index (χ4n) is 18.4. The molecule has 7 nitrogen and oxygen atoms in total. The zero-order valence-electron chi connectivity index (χ0n) is 69.0. The van der Waals surface area contributed by atoms with E-state index in [1.54, 1.807) is 34.8 Å². The molecule has 0 atom stereocenters. The average Bonchev–Trinajstić information content (AvgIpc) is 1.52. The molecular formula is C105H96F4N4O3S4. The number of unbranched alkanes of at least 4 members (excludes halogenated alkanes) is 15. The maximum Gasteiger partial charge on any atom is 0.528 e. The number of hydrogen-bond donors (Lipinski definition) is 0. The first-order chi connectivity index (χ1) is 58.5. The van der Waals surface area contributed by atoms with Crippen LogP contribution < -0.4 is 4.74 Å². The zero-order chi connectivity index (χ0) is 83.9. The standard InChI is InChI=1S/C105H96F4N4O3S4/c1-10-15-20-25-30-65-34-42-69(43-35-65)104(70-44-36-66(37-45-70)31-26-21-16-11-2)84-55-74(53-82-96(103(112-8)113-9)77-57-88(107)90(109)59-79(77)98(82)115)118-99(84)101-85(104)61-93(119-101)75-60-92(116-50-29-24-19-14-5)80(51-64(75)6)94-62-86-102(120-94)100-83(54-73(117-100)52-81-95(91(63-110)111-7)76-56-87(106)89(108)58-78(76)97(81)114)105(86,71-46-38-67(39-47-71)32-27-22-17-12-3)72-48-40-68(41-49-72)33-28-23-18-13-4/h34-49,51-62H,10-33,50H2,1-6H3/b81-52-,82-53-,95-91-. The lowest BCUT2D eigenvalue weighted by Gasteiger charge is -2.33. The number of Topliss-reactive ketones (excluding diaryl/α,β-unsaturated/α-hetero) is 2. The lowest BCUT2D eigenvalue weighted by molar-refractivity contribution is 0.103. The maximum atomic E-state index is 15.3. The minimum atomic E-state index is -1.20. The molecule has 4 aliphatic rings. The first-order valence-corrected chi connectivity index (χ1v) is 46.0. The van der Waals surface area contributed by atoms with E-state index >= 15 is 17.6 Å². The molecule has 0 saturated heterocycles. The quantitative estimate of drug-likeness (QED) is 0.0132. The smallest absolute Gasteiger partial charge is 0.493 e. The summed E-state index contributed by atoms with van der Waals surface area (Å²) in [4.78, 5) is 47.5. The molecule has 15 rings (SSSR count). The van der Waals surface area contributed by atoms with Gasteiger partial charge in [-0.2, -0.15) is 9.69 Å². The molecule has 4 aromatic heterocycles. The van der Waals surface area contributed by atoms with Gasteiger partial charge in [-0.05, 0) is 227 Å². The summed E-state index contributed by atoms with van der Waals surface area (Å²) in [6, 6.07) is 55.7. The van der Waals surface area contributed by atoms with E-state index in [2.05, 4.69) is 190 Å². The highest BCUT2D eigenvalue weighted by Crippen LogP contribution is 2.66. The van der Waals surface area contributed by atoms with Gasteiger partial charge in [-0.25, -0.2) is 27.7 Å². The van der Waals surface area contributed by atoms with E-state index < -0.39 is 57.2 Å². The number of hydrogen-bond acceptors (Lipinski definition) is 8. The Bertz CT molecular complexity index is 5950. The molecule has 15 heteroatoms. The second-order valence-electron chi connectivity index (χ2n) is 32.4. The van der Waals surface area contributed by atoms with Crippen molar-refractivity contribution >= 4 is 80.2 Å². The summed E-state index contributed by atoms with van der Waals surface area (Å²) in [5, 5.41) is 10.5. The zero-order valence-corrected chi connectivity index (χ0v) is 72.3. The lowest BCUT2D eigenvalue weighted by atomic mass is 9.68. The van der Waals surface area contributed by atoms with Crippen molar-refractivity contribution in [1.82, 2.24) is 0 Å². The molecule has 606 valence electrons. The van der Waals surface area contributed by atoms with Crippen LogP contribution in [0.15, 0.2) is 180 Å². The van der Waals surface area contributed by atoms with Crippen LogP contribution in [-0.2, 0) is 36.5 Å². The van der Waals surface area contributed by atoms with Gasteiger partial charge in [0.15, 0.2) is 34.8 Å². The Labute approximate surface area is 719 Å². The number of benzene rings is 7. The van der Waals surface area contributed by atoms with Crippen LogP contribution in [0.1, 0.15) is 277 Å². The highest BCUT2D eigenvalue weighted by molar-refractivity contribution is 7.25. The summed E-state index contributed by atoms with van der Waals surface area (Å²) in [6.45, 7) is 38.1. The Kier molecular flexibility index (Phi) is 25.9. The molecule has 0 saturated carbocycles. The van der Waals surface area contributed by atoms with E-state index in [1.165, 1.54) is 70.6 Å². The van der Waals surface area contributed by atoms with Crippen LogP contribution >= 0.6 is 45.3 Å². The van der Waals surface area contributed by atoms with Crippen LogP contribution in [0, 0.1) is 61.2 Å². The lowest BCUT2D eigenvalue weighted by Crippen LogP contribution is -2.28. The molecule has 4 aliphatic carbocycles. The normalized spacial score (nSPS) is 14.8.